The zero-order valence-electron chi connectivity index (χ0n) is 10.1. The molecule has 96 valence electrons. The highest BCUT2D eigenvalue weighted by molar-refractivity contribution is 6.31. The Morgan fingerprint density at radius 1 is 1.44 bits per heavy atom. The second-order valence-corrected chi connectivity index (χ2v) is 5.78. The van der Waals surface area contributed by atoms with Crippen LogP contribution in [0.25, 0.3) is 0 Å². The smallest absolute Gasteiger partial charge is 0.335 e. The van der Waals surface area contributed by atoms with Crippen LogP contribution in [-0.4, -0.2) is 28.6 Å². The zero-order valence-corrected chi connectivity index (χ0v) is 10.9. The van der Waals surface area contributed by atoms with E-state index in [2.05, 4.69) is 4.90 Å². The van der Waals surface area contributed by atoms with E-state index in [-0.39, 0.29) is 5.56 Å². The maximum absolute atomic E-state index is 10.8. The van der Waals surface area contributed by atoms with Crippen molar-refractivity contribution in [3.63, 3.8) is 0 Å². The second kappa shape index (κ2) is 4.56. The molecule has 2 aliphatic rings. The largest absolute Gasteiger partial charge is 0.478 e. The van der Waals surface area contributed by atoms with Crippen LogP contribution in [0.3, 0.4) is 0 Å². The fraction of sp³-hybridized carbons (Fsp3) is 0.500. The van der Waals surface area contributed by atoms with E-state index in [4.69, 9.17) is 16.7 Å². The van der Waals surface area contributed by atoms with Gasteiger partial charge in [0.05, 0.1) is 5.56 Å². The van der Waals surface area contributed by atoms with Crippen molar-refractivity contribution in [1.29, 1.82) is 0 Å². The van der Waals surface area contributed by atoms with Crippen LogP contribution in [0.2, 0.25) is 5.02 Å². The summed E-state index contributed by atoms with van der Waals surface area (Å²) in [5, 5.41) is 9.47. The Labute approximate surface area is 111 Å². The van der Waals surface area contributed by atoms with E-state index in [0.29, 0.717) is 11.1 Å². The van der Waals surface area contributed by atoms with Gasteiger partial charge in [0.25, 0.3) is 0 Å². The third kappa shape index (κ3) is 2.13. The Morgan fingerprint density at radius 2 is 2.28 bits per heavy atom. The first-order valence-electron chi connectivity index (χ1n) is 6.39. The quantitative estimate of drug-likeness (QED) is 0.913. The van der Waals surface area contributed by atoms with Gasteiger partial charge in [-0.25, -0.2) is 4.79 Å². The molecule has 1 aliphatic carbocycles. The van der Waals surface area contributed by atoms with Gasteiger partial charge in [0.1, 0.15) is 0 Å². The van der Waals surface area contributed by atoms with Crippen molar-refractivity contribution in [2.75, 3.05) is 6.54 Å². The lowest BCUT2D eigenvalue weighted by Gasteiger charge is -2.27. The monoisotopic (exact) mass is 265 g/mol. The number of benzene rings is 1. The lowest BCUT2D eigenvalue weighted by molar-refractivity contribution is 0.0697. The van der Waals surface area contributed by atoms with Crippen molar-refractivity contribution < 1.29 is 9.90 Å². The highest BCUT2D eigenvalue weighted by atomic mass is 35.5. The first-order chi connectivity index (χ1) is 8.63. The lowest BCUT2D eigenvalue weighted by Crippen LogP contribution is -2.31. The number of carboxylic acids is 1. The number of nitrogens with zero attached hydrogens (tertiary/aromatic N) is 1. The SMILES string of the molecule is O=C(O)c1ccc(CN2CC3CCC2C3)c(Cl)c1. The van der Waals surface area contributed by atoms with Gasteiger partial charge < -0.3 is 5.11 Å². The molecular weight excluding hydrogens is 250 g/mol. The van der Waals surface area contributed by atoms with Crippen LogP contribution in [0.4, 0.5) is 0 Å². The molecule has 2 atom stereocenters. The minimum atomic E-state index is -0.927. The van der Waals surface area contributed by atoms with Crippen molar-refractivity contribution in [2.45, 2.75) is 31.8 Å². The fourth-order valence-electron chi connectivity index (χ4n) is 3.25. The maximum atomic E-state index is 10.8. The highest BCUT2D eigenvalue weighted by Crippen LogP contribution is 2.38. The summed E-state index contributed by atoms with van der Waals surface area (Å²) in [5.74, 6) is -0.0595. The highest BCUT2D eigenvalue weighted by Gasteiger charge is 2.37. The summed E-state index contributed by atoms with van der Waals surface area (Å²) in [6.07, 6.45) is 3.99. The number of rotatable bonds is 3. The molecule has 3 rings (SSSR count). The number of halogens is 1. The fourth-order valence-corrected chi connectivity index (χ4v) is 3.49. The minimum Gasteiger partial charge on any atom is -0.478 e. The summed E-state index contributed by atoms with van der Waals surface area (Å²) in [6.45, 7) is 2.02. The molecule has 2 unspecified atom stereocenters. The summed E-state index contributed by atoms with van der Waals surface area (Å²) >= 11 is 6.16. The standard InChI is InChI=1S/C14H16ClNO2/c15-13-6-10(14(17)18)2-3-11(13)8-16-7-9-1-4-12(16)5-9/h2-3,6,9,12H,1,4-5,7-8H2,(H,17,18). The molecule has 1 aromatic carbocycles. The van der Waals surface area contributed by atoms with Crippen LogP contribution in [0.15, 0.2) is 18.2 Å². The third-order valence-corrected chi connectivity index (χ3v) is 4.55. The molecule has 1 saturated heterocycles. The molecule has 3 nitrogen and oxygen atoms in total. The minimum absolute atomic E-state index is 0.256. The molecule has 0 spiro atoms. The number of likely N-dealkylation sites (tertiary alicyclic amines) is 1. The van der Waals surface area contributed by atoms with E-state index in [1.54, 1.807) is 12.1 Å². The van der Waals surface area contributed by atoms with Crippen LogP contribution < -0.4 is 0 Å². The number of hydrogen-bond donors (Lipinski definition) is 1. The molecule has 1 N–H and O–H groups in total. The van der Waals surface area contributed by atoms with Crippen LogP contribution in [0.5, 0.6) is 0 Å². The molecule has 18 heavy (non-hydrogen) atoms. The van der Waals surface area contributed by atoms with Crippen LogP contribution in [0, 0.1) is 5.92 Å². The zero-order chi connectivity index (χ0) is 12.7. The number of carbonyl (C=O) groups is 1. The van der Waals surface area contributed by atoms with Gasteiger partial charge in [-0.15, -0.1) is 0 Å². The topological polar surface area (TPSA) is 40.5 Å². The molecule has 2 bridgehead atoms. The first-order valence-corrected chi connectivity index (χ1v) is 6.77. The Hall–Kier alpha value is -1.06. The molecular formula is C14H16ClNO2. The second-order valence-electron chi connectivity index (χ2n) is 5.37. The average molecular weight is 266 g/mol. The number of hydrogen-bond acceptors (Lipinski definition) is 2. The van der Waals surface area contributed by atoms with Crippen molar-refractivity contribution >= 4 is 17.6 Å². The maximum Gasteiger partial charge on any atom is 0.335 e. The molecule has 4 heteroatoms. The van der Waals surface area contributed by atoms with Crippen molar-refractivity contribution in [3.05, 3.63) is 34.3 Å². The summed E-state index contributed by atoms with van der Waals surface area (Å²) in [6, 6.07) is 5.74. The van der Waals surface area contributed by atoms with Gasteiger partial charge in [-0.05, 0) is 42.9 Å². The predicted octanol–water partition coefficient (Wildman–Crippen LogP) is 3.02. The Bertz CT molecular complexity index is 489. The molecule has 0 radical (unpaired) electrons. The lowest BCUT2D eigenvalue weighted by atomic mass is 10.1. The van der Waals surface area contributed by atoms with Gasteiger partial charge in [0, 0.05) is 24.2 Å². The summed E-state index contributed by atoms with van der Waals surface area (Å²) < 4.78 is 0. The average Bonchev–Trinajstić information content (AvgIpc) is 2.93. The molecule has 1 saturated carbocycles. The summed E-state index contributed by atoms with van der Waals surface area (Å²) in [4.78, 5) is 13.3. The van der Waals surface area contributed by atoms with Gasteiger partial charge in [-0.2, -0.15) is 0 Å². The Balaban J connectivity index is 1.75. The van der Waals surface area contributed by atoms with E-state index < -0.39 is 5.97 Å². The number of aromatic carboxylic acids is 1. The number of fused-ring (bicyclic) bond motifs is 2. The summed E-state index contributed by atoms with van der Waals surface area (Å²) in [5.41, 5.74) is 1.29. The van der Waals surface area contributed by atoms with Gasteiger partial charge in [-0.1, -0.05) is 17.7 Å². The Morgan fingerprint density at radius 3 is 2.83 bits per heavy atom. The van der Waals surface area contributed by atoms with E-state index in [9.17, 15) is 4.79 Å². The van der Waals surface area contributed by atoms with Crippen LogP contribution >= 0.6 is 11.6 Å². The van der Waals surface area contributed by atoms with Crippen molar-refractivity contribution in [3.8, 4) is 0 Å². The number of carboxylic acid groups (broad SMARTS) is 1. The van der Waals surface area contributed by atoms with E-state index >= 15 is 0 Å². The number of piperidine rings is 1. The summed E-state index contributed by atoms with van der Waals surface area (Å²) in [7, 11) is 0. The molecule has 1 aromatic rings. The van der Waals surface area contributed by atoms with Gasteiger partial charge in [0.15, 0.2) is 0 Å². The van der Waals surface area contributed by atoms with Gasteiger partial charge in [-0.3, -0.25) is 4.90 Å². The van der Waals surface area contributed by atoms with Crippen LogP contribution in [-0.2, 0) is 6.54 Å². The molecule has 1 heterocycles. The normalized spacial score (nSPS) is 26.7. The van der Waals surface area contributed by atoms with Crippen LogP contribution in [0.1, 0.15) is 35.2 Å². The van der Waals surface area contributed by atoms with E-state index in [1.807, 2.05) is 6.07 Å². The molecule has 0 amide bonds. The molecule has 2 fully saturated rings. The molecule has 1 aliphatic heterocycles. The predicted molar refractivity (Wildman–Crippen MR) is 70.0 cm³/mol. The van der Waals surface area contributed by atoms with Crippen molar-refractivity contribution in [1.82, 2.24) is 4.90 Å². The van der Waals surface area contributed by atoms with E-state index in [1.165, 1.54) is 25.8 Å². The first kappa shape index (κ1) is 12.0. The van der Waals surface area contributed by atoms with E-state index in [0.717, 1.165) is 18.0 Å². The third-order valence-electron chi connectivity index (χ3n) is 4.20. The van der Waals surface area contributed by atoms with Gasteiger partial charge in [0.2, 0.25) is 0 Å². The van der Waals surface area contributed by atoms with Gasteiger partial charge >= 0.3 is 5.97 Å². The van der Waals surface area contributed by atoms with Crippen molar-refractivity contribution in [2.24, 2.45) is 5.92 Å². The Kier molecular flexibility index (Phi) is 3.04. The molecule has 0 aromatic heterocycles.